The fraction of sp³-hybridized carbons (Fsp3) is 0.857. The maximum absolute atomic E-state index is 12.0. The van der Waals surface area contributed by atoms with Crippen molar-refractivity contribution in [3.8, 4) is 0 Å². The molecule has 0 spiro atoms. The molecule has 0 aromatic rings. The summed E-state index contributed by atoms with van der Waals surface area (Å²) in [6, 6.07) is -0.212. The van der Waals surface area contributed by atoms with Crippen molar-refractivity contribution in [2.24, 2.45) is 0 Å². The van der Waals surface area contributed by atoms with Crippen LogP contribution in [0, 0.1) is 0 Å². The molecule has 20 heavy (non-hydrogen) atoms. The summed E-state index contributed by atoms with van der Waals surface area (Å²) in [6.45, 7) is 3.47. The van der Waals surface area contributed by atoms with Crippen molar-refractivity contribution >= 4 is 23.8 Å². The first-order chi connectivity index (χ1) is 9.41. The van der Waals surface area contributed by atoms with Crippen LogP contribution in [0.15, 0.2) is 0 Å². The number of carbonyl (C=O) groups excluding carboxylic acids is 1. The Morgan fingerprint density at radius 2 is 2.10 bits per heavy atom. The second kappa shape index (κ2) is 7.76. The Morgan fingerprint density at radius 1 is 1.40 bits per heavy atom. The normalized spacial score (nSPS) is 25.6. The molecule has 116 valence electrons. The number of amides is 2. The lowest BCUT2D eigenvalue weighted by atomic mass is 9.94. The summed E-state index contributed by atoms with van der Waals surface area (Å²) in [6.07, 6.45) is 7.48. The van der Waals surface area contributed by atoms with Crippen molar-refractivity contribution in [3.05, 3.63) is 0 Å². The smallest absolute Gasteiger partial charge is 0.329 e. The number of urea groups is 1. The highest BCUT2D eigenvalue weighted by Crippen LogP contribution is 2.26. The molecule has 0 aliphatic heterocycles. The first kappa shape index (κ1) is 17.1. The van der Waals surface area contributed by atoms with E-state index in [2.05, 4.69) is 16.9 Å². The summed E-state index contributed by atoms with van der Waals surface area (Å²) in [7, 11) is 0. The van der Waals surface area contributed by atoms with E-state index in [-0.39, 0.29) is 12.1 Å². The van der Waals surface area contributed by atoms with Gasteiger partial charge < -0.3 is 15.7 Å². The molecule has 0 heterocycles. The van der Waals surface area contributed by atoms with Crippen LogP contribution in [0.4, 0.5) is 4.79 Å². The minimum atomic E-state index is -1.19. The zero-order valence-corrected chi connectivity index (χ0v) is 13.4. The minimum absolute atomic E-state index is 0.154. The molecule has 1 saturated carbocycles. The third kappa shape index (κ3) is 4.89. The largest absolute Gasteiger partial charge is 0.480 e. The number of hydrogen-bond acceptors (Lipinski definition) is 3. The molecule has 5 nitrogen and oxygen atoms in total. The van der Waals surface area contributed by atoms with E-state index in [0.717, 1.165) is 19.3 Å². The Bertz CT molecular complexity index is 351. The van der Waals surface area contributed by atoms with Crippen molar-refractivity contribution in [1.82, 2.24) is 10.6 Å². The van der Waals surface area contributed by atoms with Gasteiger partial charge in [-0.3, -0.25) is 0 Å². The van der Waals surface area contributed by atoms with Crippen LogP contribution in [-0.2, 0) is 4.79 Å². The number of hydrogen-bond donors (Lipinski definition) is 3. The molecular formula is C14H26N2O3S. The lowest BCUT2D eigenvalue weighted by Crippen LogP contribution is -2.57. The molecular weight excluding hydrogens is 276 g/mol. The van der Waals surface area contributed by atoms with Gasteiger partial charge in [0, 0.05) is 11.3 Å². The molecule has 2 amide bonds. The van der Waals surface area contributed by atoms with E-state index in [4.69, 9.17) is 0 Å². The monoisotopic (exact) mass is 302 g/mol. The molecule has 0 aromatic carbocycles. The number of rotatable bonds is 6. The molecule has 0 radical (unpaired) electrons. The van der Waals surface area contributed by atoms with Gasteiger partial charge in [0.1, 0.15) is 5.54 Å². The fourth-order valence-corrected chi connectivity index (χ4v) is 3.51. The molecule has 3 atom stereocenters. The van der Waals surface area contributed by atoms with Crippen LogP contribution in [0.2, 0.25) is 0 Å². The second-order valence-electron chi connectivity index (χ2n) is 5.71. The molecule has 3 unspecified atom stereocenters. The van der Waals surface area contributed by atoms with E-state index < -0.39 is 11.5 Å². The van der Waals surface area contributed by atoms with E-state index in [1.165, 1.54) is 6.42 Å². The fourth-order valence-electron chi connectivity index (χ4n) is 2.69. The van der Waals surface area contributed by atoms with Crippen molar-refractivity contribution in [2.75, 3.05) is 6.26 Å². The van der Waals surface area contributed by atoms with Crippen molar-refractivity contribution in [2.45, 2.75) is 69.2 Å². The molecule has 0 bridgehead atoms. The van der Waals surface area contributed by atoms with Crippen LogP contribution in [0.25, 0.3) is 0 Å². The zero-order chi connectivity index (χ0) is 15.2. The van der Waals surface area contributed by atoms with Crippen LogP contribution in [-0.4, -0.2) is 40.2 Å². The Labute approximate surface area is 125 Å². The maximum atomic E-state index is 12.0. The number of carboxylic acid groups (broad SMARTS) is 1. The Morgan fingerprint density at radius 3 is 2.65 bits per heavy atom. The van der Waals surface area contributed by atoms with Gasteiger partial charge in [-0.25, -0.2) is 9.59 Å². The zero-order valence-electron chi connectivity index (χ0n) is 12.6. The lowest BCUT2D eigenvalue weighted by molar-refractivity contribution is -0.144. The first-order valence-corrected chi connectivity index (χ1v) is 8.55. The summed E-state index contributed by atoms with van der Waals surface area (Å²) in [5, 5.41) is 15.4. The Kier molecular flexibility index (Phi) is 6.65. The number of aliphatic carboxylic acids is 1. The highest BCUT2D eigenvalue weighted by Gasteiger charge is 2.34. The molecule has 6 heteroatoms. The maximum Gasteiger partial charge on any atom is 0.329 e. The van der Waals surface area contributed by atoms with E-state index in [1.54, 1.807) is 6.92 Å². The van der Waals surface area contributed by atoms with E-state index in [1.807, 2.05) is 18.7 Å². The standard InChI is InChI=1S/C14H26N2O3S/c1-4-8-14(2,12(17)18)16-13(19)15-10-6-5-7-11(9-10)20-3/h10-11H,4-9H2,1-3H3,(H,17,18)(H2,15,16,19). The second-order valence-corrected chi connectivity index (χ2v) is 6.85. The third-order valence-corrected chi connectivity index (χ3v) is 5.00. The Balaban J connectivity index is 2.51. The van der Waals surface area contributed by atoms with Gasteiger partial charge >= 0.3 is 12.0 Å². The topological polar surface area (TPSA) is 78.4 Å². The summed E-state index contributed by atoms with van der Waals surface area (Å²) < 4.78 is 0. The van der Waals surface area contributed by atoms with Crippen LogP contribution in [0.1, 0.15) is 52.4 Å². The van der Waals surface area contributed by atoms with Gasteiger partial charge in [-0.05, 0) is 38.9 Å². The Hall–Kier alpha value is -0.910. The predicted molar refractivity (Wildman–Crippen MR) is 82.2 cm³/mol. The van der Waals surface area contributed by atoms with Crippen molar-refractivity contribution in [3.63, 3.8) is 0 Å². The summed E-state index contributed by atoms with van der Waals surface area (Å²) in [5.41, 5.74) is -1.19. The first-order valence-electron chi connectivity index (χ1n) is 7.26. The highest BCUT2D eigenvalue weighted by molar-refractivity contribution is 7.99. The van der Waals surface area contributed by atoms with Gasteiger partial charge in [0.15, 0.2) is 0 Å². The van der Waals surface area contributed by atoms with Gasteiger partial charge in [-0.15, -0.1) is 0 Å². The molecule has 1 fully saturated rings. The van der Waals surface area contributed by atoms with Gasteiger partial charge in [-0.1, -0.05) is 19.8 Å². The minimum Gasteiger partial charge on any atom is -0.480 e. The van der Waals surface area contributed by atoms with E-state index >= 15 is 0 Å². The lowest BCUT2D eigenvalue weighted by Gasteiger charge is -2.31. The molecule has 0 aromatic heterocycles. The van der Waals surface area contributed by atoms with Crippen LogP contribution < -0.4 is 10.6 Å². The molecule has 1 aliphatic carbocycles. The summed E-state index contributed by atoms with van der Waals surface area (Å²) in [4.78, 5) is 23.3. The van der Waals surface area contributed by atoms with Gasteiger partial charge in [-0.2, -0.15) is 11.8 Å². The van der Waals surface area contributed by atoms with E-state index in [9.17, 15) is 14.7 Å². The van der Waals surface area contributed by atoms with Crippen molar-refractivity contribution in [1.29, 1.82) is 0 Å². The SMILES string of the molecule is CCCC(C)(NC(=O)NC1CCCC(SC)C1)C(=O)O. The molecule has 0 saturated heterocycles. The van der Waals surface area contributed by atoms with Gasteiger partial charge in [0.05, 0.1) is 0 Å². The average Bonchev–Trinajstić information content (AvgIpc) is 2.38. The summed E-state index contributed by atoms with van der Waals surface area (Å²) >= 11 is 1.84. The van der Waals surface area contributed by atoms with Gasteiger partial charge in [0.25, 0.3) is 0 Å². The van der Waals surface area contributed by atoms with Gasteiger partial charge in [0.2, 0.25) is 0 Å². The summed E-state index contributed by atoms with van der Waals surface area (Å²) in [5.74, 6) is -0.986. The van der Waals surface area contributed by atoms with Crippen LogP contribution >= 0.6 is 11.8 Å². The number of thioether (sulfide) groups is 1. The van der Waals surface area contributed by atoms with Crippen LogP contribution in [0.5, 0.6) is 0 Å². The molecule has 3 N–H and O–H groups in total. The number of nitrogens with one attached hydrogen (secondary N) is 2. The molecule has 1 rings (SSSR count). The highest BCUT2D eigenvalue weighted by atomic mass is 32.2. The third-order valence-electron chi connectivity index (χ3n) is 3.91. The van der Waals surface area contributed by atoms with Crippen molar-refractivity contribution < 1.29 is 14.7 Å². The van der Waals surface area contributed by atoms with Crippen LogP contribution in [0.3, 0.4) is 0 Å². The average molecular weight is 302 g/mol. The number of carbonyl (C=O) groups is 2. The molecule has 1 aliphatic rings. The number of carboxylic acids is 1. The predicted octanol–water partition coefficient (Wildman–Crippen LogP) is 2.60. The van der Waals surface area contributed by atoms with E-state index in [0.29, 0.717) is 18.1 Å². The quantitative estimate of drug-likeness (QED) is 0.704.